The maximum Gasteiger partial charge on any atom is 0.251 e. The first kappa shape index (κ1) is 18.7. The first-order valence-electron chi connectivity index (χ1n) is 10.5. The maximum atomic E-state index is 12.9. The van der Waals surface area contributed by atoms with E-state index < -0.39 is 0 Å². The van der Waals surface area contributed by atoms with Gasteiger partial charge in [-0.25, -0.2) is 0 Å². The van der Waals surface area contributed by atoms with Crippen molar-refractivity contribution in [2.75, 3.05) is 11.4 Å². The number of benzene rings is 2. The normalized spacial score (nSPS) is 17.3. The lowest BCUT2D eigenvalue weighted by molar-refractivity contribution is -0.117. The minimum atomic E-state index is -0.0851. The van der Waals surface area contributed by atoms with Crippen molar-refractivity contribution in [3.05, 3.63) is 64.7 Å². The quantitative estimate of drug-likeness (QED) is 0.831. The summed E-state index contributed by atoms with van der Waals surface area (Å²) in [6, 6.07) is 14.1. The van der Waals surface area contributed by atoms with Gasteiger partial charge in [0.05, 0.1) is 6.04 Å². The average molecular weight is 377 g/mol. The molecule has 1 N–H and O–H groups in total. The Kier molecular flexibility index (Phi) is 5.47. The lowest BCUT2D eigenvalue weighted by atomic mass is 9.88. The molecule has 1 saturated heterocycles. The van der Waals surface area contributed by atoms with Crippen LogP contribution in [0.4, 0.5) is 5.69 Å². The molecule has 4 nitrogen and oxygen atoms in total. The van der Waals surface area contributed by atoms with Gasteiger partial charge in [-0.3, -0.25) is 9.59 Å². The summed E-state index contributed by atoms with van der Waals surface area (Å²) >= 11 is 0. The third-order valence-corrected chi connectivity index (χ3v) is 5.98. The number of hydrogen-bond acceptors (Lipinski definition) is 2. The minimum absolute atomic E-state index is 0.00296. The van der Waals surface area contributed by atoms with Gasteiger partial charge in [0.2, 0.25) is 5.91 Å². The fraction of sp³-hybridized carbons (Fsp3) is 0.417. The van der Waals surface area contributed by atoms with Gasteiger partial charge in [0.1, 0.15) is 0 Å². The van der Waals surface area contributed by atoms with E-state index in [4.69, 9.17) is 0 Å². The van der Waals surface area contributed by atoms with Gasteiger partial charge < -0.3 is 10.2 Å². The molecule has 1 heterocycles. The highest BCUT2D eigenvalue weighted by Gasteiger charge is 2.23. The van der Waals surface area contributed by atoms with Crippen molar-refractivity contribution in [3.8, 4) is 0 Å². The SMILES string of the molecule is CC[C@@H](NC(=O)c1cccc(N2CCCC2=O)c1)c1ccc2c(c1)CCCC2. The van der Waals surface area contributed by atoms with Crippen molar-refractivity contribution in [2.45, 2.75) is 57.9 Å². The largest absolute Gasteiger partial charge is 0.345 e. The Morgan fingerprint density at radius 2 is 1.86 bits per heavy atom. The van der Waals surface area contributed by atoms with Crippen molar-refractivity contribution in [2.24, 2.45) is 0 Å². The molecule has 4 heteroatoms. The van der Waals surface area contributed by atoms with Crippen LogP contribution in [0.3, 0.4) is 0 Å². The fourth-order valence-electron chi connectivity index (χ4n) is 4.37. The molecule has 28 heavy (non-hydrogen) atoms. The highest BCUT2D eigenvalue weighted by atomic mass is 16.2. The zero-order valence-corrected chi connectivity index (χ0v) is 16.5. The van der Waals surface area contributed by atoms with Crippen molar-refractivity contribution >= 4 is 17.5 Å². The molecule has 1 aliphatic heterocycles. The van der Waals surface area contributed by atoms with Crippen LogP contribution in [0.1, 0.15) is 72.1 Å². The summed E-state index contributed by atoms with van der Waals surface area (Å²) < 4.78 is 0. The first-order chi connectivity index (χ1) is 13.7. The van der Waals surface area contributed by atoms with E-state index in [2.05, 4.69) is 30.4 Å². The summed E-state index contributed by atoms with van der Waals surface area (Å²) in [4.78, 5) is 26.7. The predicted octanol–water partition coefficient (Wildman–Crippen LogP) is 4.57. The number of nitrogens with zero attached hydrogens (tertiary/aromatic N) is 1. The second-order valence-electron chi connectivity index (χ2n) is 7.87. The number of aryl methyl sites for hydroxylation is 2. The highest BCUT2D eigenvalue weighted by Crippen LogP contribution is 2.27. The average Bonchev–Trinajstić information content (AvgIpc) is 3.17. The number of anilines is 1. The number of nitrogens with one attached hydrogen (secondary N) is 1. The molecule has 1 fully saturated rings. The maximum absolute atomic E-state index is 12.9. The van der Waals surface area contributed by atoms with Gasteiger partial charge in [-0.15, -0.1) is 0 Å². The fourth-order valence-corrected chi connectivity index (χ4v) is 4.37. The van der Waals surface area contributed by atoms with Gasteiger partial charge in [0.15, 0.2) is 0 Å². The molecular weight excluding hydrogens is 348 g/mol. The molecule has 0 saturated carbocycles. The molecule has 0 radical (unpaired) electrons. The molecule has 0 bridgehead atoms. The predicted molar refractivity (Wildman–Crippen MR) is 112 cm³/mol. The zero-order valence-electron chi connectivity index (χ0n) is 16.5. The lowest BCUT2D eigenvalue weighted by Gasteiger charge is -2.22. The van der Waals surface area contributed by atoms with Crippen LogP contribution in [0.5, 0.6) is 0 Å². The summed E-state index contributed by atoms with van der Waals surface area (Å²) in [5.74, 6) is 0.0520. The van der Waals surface area contributed by atoms with E-state index in [1.165, 1.54) is 36.0 Å². The van der Waals surface area contributed by atoms with Crippen LogP contribution in [0, 0.1) is 0 Å². The third kappa shape index (κ3) is 3.82. The second kappa shape index (κ2) is 8.17. The molecule has 2 aliphatic rings. The minimum Gasteiger partial charge on any atom is -0.345 e. The molecule has 1 aliphatic carbocycles. The van der Waals surface area contributed by atoms with Crippen molar-refractivity contribution in [1.29, 1.82) is 0 Å². The molecule has 4 rings (SSSR count). The van der Waals surface area contributed by atoms with E-state index in [0.717, 1.165) is 31.5 Å². The standard InChI is InChI=1S/C24H28N2O2/c1-2-22(19-13-12-17-7-3-4-8-18(17)15-19)25-24(28)20-9-5-10-21(16-20)26-14-6-11-23(26)27/h5,9-10,12-13,15-16,22H,2-4,6-8,11,14H2,1H3,(H,25,28)/t22-/m1/s1. The van der Waals surface area contributed by atoms with Crippen molar-refractivity contribution < 1.29 is 9.59 Å². The van der Waals surface area contributed by atoms with Crippen molar-refractivity contribution in [1.82, 2.24) is 5.32 Å². The van der Waals surface area contributed by atoms with Gasteiger partial charge in [0.25, 0.3) is 5.91 Å². The Balaban J connectivity index is 1.51. The van der Waals surface area contributed by atoms with Crippen LogP contribution in [0.15, 0.2) is 42.5 Å². The number of hydrogen-bond donors (Lipinski definition) is 1. The molecule has 2 aromatic carbocycles. The Bertz CT molecular complexity index is 890. The van der Waals surface area contributed by atoms with Gasteiger partial charge in [-0.1, -0.05) is 31.2 Å². The number of amides is 2. The molecule has 0 unspecified atom stereocenters. The first-order valence-corrected chi connectivity index (χ1v) is 10.5. The Morgan fingerprint density at radius 3 is 2.61 bits per heavy atom. The molecular formula is C24H28N2O2. The van der Waals surface area contributed by atoms with Crippen LogP contribution >= 0.6 is 0 Å². The zero-order chi connectivity index (χ0) is 19.5. The molecule has 2 aromatic rings. The van der Waals surface area contributed by atoms with E-state index in [1.54, 1.807) is 4.90 Å². The van der Waals surface area contributed by atoms with Crippen LogP contribution in [0.25, 0.3) is 0 Å². The van der Waals surface area contributed by atoms with E-state index in [9.17, 15) is 9.59 Å². The molecule has 0 aromatic heterocycles. The van der Waals surface area contributed by atoms with Gasteiger partial charge in [0, 0.05) is 24.2 Å². The molecule has 1 atom stereocenters. The van der Waals surface area contributed by atoms with Gasteiger partial charge >= 0.3 is 0 Å². The van der Waals surface area contributed by atoms with E-state index in [0.29, 0.717) is 12.0 Å². The van der Waals surface area contributed by atoms with Crippen LogP contribution in [-0.2, 0) is 17.6 Å². The Hall–Kier alpha value is -2.62. The van der Waals surface area contributed by atoms with E-state index in [-0.39, 0.29) is 17.9 Å². The number of carbonyl (C=O) groups excluding carboxylic acids is 2. The summed E-state index contributed by atoms with van der Waals surface area (Å²) in [6.45, 7) is 2.83. The summed E-state index contributed by atoms with van der Waals surface area (Å²) in [7, 11) is 0. The van der Waals surface area contributed by atoms with E-state index >= 15 is 0 Å². The number of fused-ring (bicyclic) bond motifs is 1. The molecule has 146 valence electrons. The Morgan fingerprint density at radius 1 is 1.04 bits per heavy atom. The summed E-state index contributed by atoms with van der Waals surface area (Å²) in [5, 5.41) is 3.19. The monoisotopic (exact) mass is 376 g/mol. The lowest BCUT2D eigenvalue weighted by Crippen LogP contribution is -2.29. The second-order valence-corrected chi connectivity index (χ2v) is 7.87. The highest BCUT2D eigenvalue weighted by molar-refractivity contribution is 5.99. The third-order valence-electron chi connectivity index (χ3n) is 5.98. The van der Waals surface area contributed by atoms with Crippen LogP contribution in [0.2, 0.25) is 0 Å². The number of carbonyl (C=O) groups is 2. The summed E-state index contributed by atoms with van der Waals surface area (Å²) in [6.07, 6.45) is 7.14. The molecule has 2 amide bonds. The number of rotatable bonds is 5. The van der Waals surface area contributed by atoms with E-state index in [1.807, 2.05) is 24.3 Å². The van der Waals surface area contributed by atoms with Crippen molar-refractivity contribution in [3.63, 3.8) is 0 Å². The smallest absolute Gasteiger partial charge is 0.251 e. The van der Waals surface area contributed by atoms with Crippen LogP contribution < -0.4 is 10.2 Å². The Labute approximate surface area is 166 Å². The van der Waals surface area contributed by atoms with Gasteiger partial charge in [-0.2, -0.15) is 0 Å². The topological polar surface area (TPSA) is 49.4 Å². The summed E-state index contributed by atoms with van der Waals surface area (Å²) in [5.41, 5.74) is 5.50. The molecule has 0 spiro atoms. The van der Waals surface area contributed by atoms with Gasteiger partial charge in [-0.05, 0) is 73.4 Å². The van der Waals surface area contributed by atoms with Crippen LogP contribution in [-0.4, -0.2) is 18.4 Å².